The Hall–Kier alpha value is -3.86. The number of piperazine rings is 1. The molecule has 37 heavy (non-hydrogen) atoms. The number of nitriles is 1. The van der Waals surface area contributed by atoms with E-state index in [9.17, 15) is 10.1 Å². The predicted octanol–water partition coefficient (Wildman–Crippen LogP) is 4.74. The molecule has 2 aliphatic heterocycles. The van der Waals surface area contributed by atoms with Crippen molar-refractivity contribution in [3.63, 3.8) is 0 Å². The number of anilines is 1. The van der Waals surface area contributed by atoms with Gasteiger partial charge in [-0.3, -0.25) is 9.69 Å². The minimum Gasteiger partial charge on any atom is -0.460 e. The van der Waals surface area contributed by atoms with Gasteiger partial charge in [0.25, 0.3) is 0 Å². The molecule has 2 aromatic carbocycles. The number of halogens is 1. The number of fused-ring (bicyclic) bond motifs is 4. The number of carbonyl (C=O) groups is 1. The van der Waals surface area contributed by atoms with Crippen molar-refractivity contribution in [2.24, 2.45) is 5.92 Å². The number of allylic oxidation sites excluding steroid dienone is 4. The van der Waals surface area contributed by atoms with E-state index in [-0.39, 0.29) is 11.8 Å². The number of hydrogen-bond donors (Lipinski definition) is 0. The quantitative estimate of drug-likeness (QED) is 0.471. The molecule has 0 radical (unpaired) electrons. The van der Waals surface area contributed by atoms with Gasteiger partial charge in [-0.25, -0.2) is 4.98 Å². The fourth-order valence-electron chi connectivity index (χ4n) is 5.33. The number of imidazole rings is 1. The lowest BCUT2D eigenvalue weighted by molar-refractivity contribution is -0.126. The Labute approximate surface area is 220 Å². The Kier molecular flexibility index (Phi) is 6.29. The highest BCUT2D eigenvalue weighted by Crippen LogP contribution is 2.33. The van der Waals surface area contributed by atoms with Crippen molar-refractivity contribution < 1.29 is 9.53 Å². The Morgan fingerprint density at radius 2 is 2.00 bits per heavy atom. The summed E-state index contributed by atoms with van der Waals surface area (Å²) in [7, 11) is 0. The SMILES string of the molecule is N#CC1CC=C2C=C1Oc1ccccc1CC1C(=O)N(c3cccc(Cl)c3)CCN1Cc1cncn1C2. The molecule has 1 amide bonds. The van der Waals surface area contributed by atoms with Crippen LogP contribution in [0.3, 0.4) is 0 Å². The van der Waals surface area contributed by atoms with Gasteiger partial charge in [0, 0.05) is 49.5 Å². The average molecular weight is 512 g/mol. The third kappa shape index (κ3) is 4.66. The van der Waals surface area contributed by atoms with Gasteiger partial charge in [0.1, 0.15) is 17.4 Å². The molecule has 2 atom stereocenters. The maximum Gasteiger partial charge on any atom is 0.244 e. The van der Waals surface area contributed by atoms with E-state index in [4.69, 9.17) is 16.3 Å². The number of benzene rings is 2. The molecule has 3 aromatic rings. The molecule has 2 bridgehead atoms. The van der Waals surface area contributed by atoms with Crippen molar-refractivity contribution in [2.45, 2.75) is 32.0 Å². The zero-order chi connectivity index (χ0) is 25.4. The van der Waals surface area contributed by atoms with Crippen molar-refractivity contribution in [1.29, 1.82) is 5.26 Å². The van der Waals surface area contributed by atoms with E-state index in [1.807, 2.05) is 72.0 Å². The molecule has 1 aromatic heterocycles. The van der Waals surface area contributed by atoms with Gasteiger partial charge in [-0.15, -0.1) is 0 Å². The van der Waals surface area contributed by atoms with Gasteiger partial charge in [-0.1, -0.05) is 41.9 Å². The first-order valence-corrected chi connectivity index (χ1v) is 12.8. The smallest absolute Gasteiger partial charge is 0.244 e. The van der Waals surface area contributed by atoms with E-state index < -0.39 is 6.04 Å². The summed E-state index contributed by atoms with van der Waals surface area (Å²) in [6.07, 6.45) is 8.87. The molecule has 3 aliphatic rings. The number of aromatic nitrogens is 2. The van der Waals surface area contributed by atoms with Crippen molar-refractivity contribution in [1.82, 2.24) is 14.5 Å². The summed E-state index contributed by atoms with van der Waals surface area (Å²) in [4.78, 5) is 22.5. The van der Waals surface area contributed by atoms with Crippen LogP contribution in [0.1, 0.15) is 17.7 Å². The predicted molar refractivity (Wildman–Crippen MR) is 141 cm³/mol. The molecule has 6 rings (SSSR count). The highest BCUT2D eigenvalue weighted by atomic mass is 35.5. The lowest BCUT2D eigenvalue weighted by atomic mass is 9.95. The molecule has 0 N–H and O–H groups in total. The van der Waals surface area contributed by atoms with Crippen LogP contribution in [0.25, 0.3) is 0 Å². The Morgan fingerprint density at radius 1 is 1.11 bits per heavy atom. The standard InChI is InChI=1S/C29H26ClN5O2/c30-23-5-3-6-24(14-23)35-11-10-33-18-25-16-32-19-34(25)17-20-8-9-22(15-31)28(12-20)37-27-7-2-1-4-21(27)13-26(33)29(35)36/h1-8,12,14,16,19,22,26H,9-11,13,17-18H2. The summed E-state index contributed by atoms with van der Waals surface area (Å²) in [5.74, 6) is 0.999. The van der Waals surface area contributed by atoms with E-state index in [0.29, 0.717) is 55.6 Å². The van der Waals surface area contributed by atoms with Crippen LogP contribution in [0.2, 0.25) is 5.02 Å². The number of amides is 1. The summed E-state index contributed by atoms with van der Waals surface area (Å²) in [5, 5.41) is 10.4. The Bertz CT molecular complexity index is 1450. The number of hydrogen-bond acceptors (Lipinski definition) is 5. The second-order valence-corrected chi connectivity index (χ2v) is 10.1. The number of ether oxygens (including phenoxy) is 1. The fourth-order valence-corrected chi connectivity index (χ4v) is 5.51. The van der Waals surface area contributed by atoms with Crippen LogP contribution >= 0.6 is 11.6 Å². The molecule has 1 saturated heterocycles. The third-order valence-corrected chi connectivity index (χ3v) is 7.53. The molecule has 7 nitrogen and oxygen atoms in total. The third-order valence-electron chi connectivity index (χ3n) is 7.30. The molecular weight excluding hydrogens is 486 g/mol. The molecule has 1 aliphatic carbocycles. The zero-order valence-corrected chi connectivity index (χ0v) is 21.0. The lowest BCUT2D eigenvalue weighted by Gasteiger charge is -2.41. The normalized spacial score (nSPS) is 21.9. The molecular formula is C29H26ClN5O2. The Balaban J connectivity index is 1.42. The van der Waals surface area contributed by atoms with Crippen LogP contribution in [0.15, 0.2) is 84.5 Å². The molecule has 0 spiro atoms. The van der Waals surface area contributed by atoms with Crippen molar-refractivity contribution >= 4 is 23.2 Å². The molecule has 1 fully saturated rings. The van der Waals surface area contributed by atoms with Gasteiger partial charge in [0.2, 0.25) is 5.91 Å². The van der Waals surface area contributed by atoms with Crippen molar-refractivity contribution in [3.8, 4) is 11.8 Å². The maximum atomic E-state index is 14.0. The summed E-state index contributed by atoms with van der Waals surface area (Å²) in [6.45, 7) is 2.51. The number of nitrogens with zero attached hydrogens (tertiary/aromatic N) is 5. The number of rotatable bonds is 1. The first kappa shape index (κ1) is 23.5. The van der Waals surface area contributed by atoms with E-state index in [0.717, 1.165) is 22.5 Å². The largest absolute Gasteiger partial charge is 0.460 e. The van der Waals surface area contributed by atoms with Gasteiger partial charge >= 0.3 is 0 Å². The van der Waals surface area contributed by atoms with Gasteiger partial charge in [0.05, 0.1) is 24.1 Å². The van der Waals surface area contributed by atoms with E-state index in [2.05, 4.69) is 26.6 Å². The van der Waals surface area contributed by atoms with E-state index in [1.165, 1.54) is 0 Å². The van der Waals surface area contributed by atoms with Crippen LogP contribution in [0, 0.1) is 17.2 Å². The fraction of sp³-hybridized carbons (Fsp3) is 0.276. The van der Waals surface area contributed by atoms with Crippen LogP contribution in [-0.2, 0) is 24.3 Å². The molecule has 186 valence electrons. The van der Waals surface area contributed by atoms with E-state index >= 15 is 0 Å². The minimum atomic E-state index is -0.402. The molecule has 2 unspecified atom stereocenters. The molecule has 0 saturated carbocycles. The highest BCUT2D eigenvalue weighted by molar-refractivity contribution is 6.30. The summed E-state index contributed by atoms with van der Waals surface area (Å²) in [5.41, 5.74) is 3.86. The van der Waals surface area contributed by atoms with Crippen LogP contribution in [-0.4, -0.2) is 39.5 Å². The first-order valence-electron chi connectivity index (χ1n) is 12.4. The lowest BCUT2D eigenvalue weighted by Crippen LogP contribution is -2.57. The minimum absolute atomic E-state index is 0.0276. The topological polar surface area (TPSA) is 74.4 Å². The van der Waals surface area contributed by atoms with Gasteiger partial charge in [0.15, 0.2) is 0 Å². The maximum absolute atomic E-state index is 14.0. The average Bonchev–Trinajstić information content (AvgIpc) is 3.33. The van der Waals surface area contributed by atoms with Gasteiger partial charge in [-0.2, -0.15) is 5.26 Å². The van der Waals surface area contributed by atoms with E-state index in [1.54, 1.807) is 0 Å². The summed E-state index contributed by atoms with van der Waals surface area (Å²) in [6, 6.07) is 17.2. The summed E-state index contributed by atoms with van der Waals surface area (Å²) >= 11 is 6.26. The van der Waals surface area contributed by atoms with Crippen molar-refractivity contribution in [3.05, 3.63) is 101 Å². The first-order chi connectivity index (χ1) is 18.1. The van der Waals surface area contributed by atoms with Crippen LogP contribution in [0.4, 0.5) is 5.69 Å². The van der Waals surface area contributed by atoms with Gasteiger partial charge in [-0.05, 0) is 47.9 Å². The van der Waals surface area contributed by atoms with Crippen molar-refractivity contribution in [2.75, 3.05) is 18.0 Å². The molecule has 8 heteroatoms. The highest BCUT2D eigenvalue weighted by Gasteiger charge is 2.37. The zero-order valence-electron chi connectivity index (χ0n) is 20.3. The molecule has 3 heterocycles. The van der Waals surface area contributed by atoms with Crippen LogP contribution < -0.4 is 9.64 Å². The number of carbonyl (C=O) groups excluding carboxylic acids is 1. The number of para-hydroxylation sites is 1. The second kappa shape index (κ2) is 9.89. The van der Waals surface area contributed by atoms with Crippen LogP contribution in [0.5, 0.6) is 5.75 Å². The van der Waals surface area contributed by atoms with Gasteiger partial charge < -0.3 is 14.2 Å². The monoisotopic (exact) mass is 511 g/mol. The summed E-state index contributed by atoms with van der Waals surface area (Å²) < 4.78 is 8.52. The Morgan fingerprint density at radius 3 is 2.86 bits per heavy atom. The second-order valence-electron chi connectivity index (χ2n) is 9.63.